The Balaban J connectivity index is 1.88. The van der Waals surface area contributed by atoms with Gasteiger partial charge in [-0.25, -0.2) is 4.98 Å². The average molecular weight is 297 g/mol. The van der Waals surface area contributed by atoms with Crippen molar-refractivity contribution in [1.29, 1.82) is 0 Å². The quantitative estimate of drug-likeness (QED) is 0.672. The van der Waals surface area contributed by atoms with Gasteiger partial charge in [-0.2, -0.15) is 0 Å². The minimum Gasteiger partial charge on any atom is -0.512 e. The third-order valence-electron chi connectivity index (χ3n) is 3.87. The Morgan fingerprint density at radius 2 is 2.18 bits per heavy atom. The van der Waals surface area contributed by atoms with Crippen LogP contribution >= 0.6 is 0 Å². The number of benzene rings is 1. The predicted molar refractivity (Wildman–Crippen MR) is 86.0 cm³/mol. The van der Waals surface area contributed by atoms with E-state index in [1.165, 1.54) is 0 Å². The molecule has 1 aliphatic rings. The highest BCUT2D eigenvalue weighted by atomic mass is 16.3. The van der Waals surface area contributed by atoms with Crippen LogP contribution in [0.3, 0.4) is 0 Å². The maximum absolute atomic E-state index is 12.0. The first-order chi connectivity index (χ1) is 10.7. The number of Topliss-reactive ketones (excluding diaryl/α,β-unsaturated/α-hetero) is 1. The van der Waals surface area contributed by atoms with E-state index in [0.717, 1.165) is 29.7 Å². The fourth-order valence-electron chi connectivity index (χ4n) is 2.74. The van der Waals surface area contributed by atoms with Gasteiger partial charge in [0.1, 0.15) is 11.6 Å². The summed E-state index contributed by atoms with van der Waals surface area (Å²) in [5.74, 6) is 0.907. The van der Waals surface area contributed by atoms with Crippen LogP contribution in [0.1, 0.15) is 38.4 Å². The highest BCUT2D eigenvalue weighted by Crippen LogP contribution is 2.22. The summed E-state index contributed by atoms with van der Waals surface area (Å²) in [6.07, 6.45) is 2.46. The molecule has 0 atom stereocenters. The van der Waals surface area contributed by atoms with E-state index in [1.54, 1.807) is 0 Å². The van der Waals surface area contributed by atoms with Gasteiger partial charge in [0.15, 0.2) is 5.78 Å². The number of aliphatic hydroxyl groups is 1. The lowest BCUT2D eigenvalue weighted by Crippen LogP contribution is -2.21. The zero-order valence-electron chi connectivity index (χ0n) is 12.6. The molecule has 1 saturated carbocycles. The lowest BCUT2D eigenvalue weighted by Gasteiger charge is -2.17. The number of fused-ring (bicyclic) bond motifs is 1. The number of carbonyl (C=O) groups excluding carboxylic acids is 1. The highest BCUT2D eigenvalue weighted by Gasteiger charge is 2.24. The summed E-state index contributed by atoms with van der Waals surface area (Å²) in [4.78, 5) is 24.3. The van der Waals surface area contributed by atoms with Crippen molar-refractivity contribution < 1.29 is 9.90 Å². The average Bonchev–Trinajstić information content (AvgIpc) is 2.95. The molecular formula is C17H19N3O2. The minimum atomic E-state index is -0.00560. The molecule has 22 heavy (non-hydrogen) atoms. The third-order valence-corrected chi connectivity index (χ3v) is 3.87. The van der Waals surface area contributed by atoms with Crippen molar-refractivity contribution in [2.24, 2.45) is 4.99 Å². The monoisotopic (exact) mass is 297 g/mol. The maximum atomic E-state index is 12.0. The number of carbonyl (C=O) groups is 1. The molecule has 0 spiro atoms. The molecule has 1 aromatic carbocycles. The smallest absolute Gasteiger partial charge is 0.168 e. The largest absolute Gasteiger partial charge is 0.512 e. The van der Waals surface area contributed by atoms with Crippen LogP contribution in [0.25, 0.3) is 11.0 Å². The fraction of sp³-hybridized carbons (Fsp3) is 0.353. The number of ketones is 1. The van der Waals surface area contributed by atoms with Gasteiger partial charge in [0.2, 0.25) is 0 Å². The Bertz CT molecular complexity index is 738. The van der Waals surface area contributed by atoms with Crippen LogP contribution in [0.5, 0.6) is 0 Å². The van der Waals surface area contributed by atoms with E-state index in [0.29, 0.717) is 30.7 Å². The molecule has 2 N–H and O–H groups in total. The van der Waals surface area contributed by atoms with E-state index in [2.05, 4.69) is 15.0 Å². The van der Waals surface area contributed by atoms with E-state index >= 15 is 0 Å². The molecular weight excluding hydrogens is 278 g/mol. The fourth-order valence-corrected chi connectivity index (χ4v) is 2.74. The number of imidazole rings is 1. The zero-order valence-corrected chi connectivity index (χ0v) is 12.6. The van der Waals surface area contributed by atoms with Crippen molar-refractivity contribution in [2.75, 3.05) is 0 Å². The van der Waals surface area contributed by atoms with E-state index in [1.807, 2.05) is 31.2 Å². The van der Waals surface area contributed by atoms with E-state index < -0.39 is 0 Å². The van der Waals surface area contributed by atoms with Crippen LogP contribution in [0.2, 0.25) is 0 Å². The van der Waals surface area contributed by atoms with Gasteiger partial charge in [-0.05, 0) is 25.0 Å². The standard InChI is InChI=1S/C17H19N3O2/c1-2-14(21)17-13(8-5-9-15(17)22)18-10-16-19-11-6-3-4-7-12(11)20-16/h3-4,6-7,21H,2,5,8-10H2,1H3,(H,19,20)/b17-14-,18-13?. The number of allylic oxidation sites excluding steroid dienone is 2. The van der Waals surface area contributed by atoms with Crippen LogP contribution in [-0.4, -0.2) is 26.6 Å². The molecule has 0 radical (unpaired) electrons. The number of hydrogen-bond donors (Lipinski definition) is 2. The number of H-pyrrole nitrogens is 1. The van der Waals surface area contributed by atoms with Crippen molar-refractivity contribution in [3.05, 3.63) is 41.4 Å². The van der Waals surface area contributed by atoms with Crippen molar-refractivity contribution in [3.63, 3.8) is 0 Å². The molecule has 5 heteroatoms. The summed E-state index contributed by atoms with van der Waals surface area (Å²) in [5, 5.41) is 9.99. The number of nitrogens with zero attached hydrogens (tertiary/aromatic N) is 2. The van der Waals surface area contributed by atoms with Gasteiger partial charge >= 0.3 is 0 Å². The second-order valence-electron chi connectivity index (χ2n) is 5.42. The van der Waals surface area contributed by atoms with Crippen molar-refractivity contribution >= 4 is 22.5 Å². The molecule has 0 amide bonds. The van der Waals surface area contributed by atoms with Gasteiger partial charge in [-0.3, -0.25) is 9.79 Å². The summed E-state index contributed by atoms with van der Waals surface area (Å²) >= 11 is 0. The van der Waals surface area contributed by atoms with Gasteiger partial charge in [0.25, 0.3) is 0 Å². The second kappa shape index (κ2) is 6.13. The van der Waals surface area contributed by atoms with Gasteiger partial charge in [-0.15, -0.1) is 0 Å². The van der Waals surface area contributed by atoms with Gasteiger partial charge < -0.3 is 10.1 Å². The molecule has 1 aliphatic carbocycles. The lowest BCUT2D eigenvalue weighted by atomic mass is 9.90. The topological polar surface area (TPSA) is 78.3 Å². The third kappa shape index (κ3) is 2.79. The molecule has 5 nitrogen and oxygen atoms in total. The summed E-state index contributed by atoms with van der Waals surface area (Å²) in [7, 11) is 0. The molecule has 1 fully saturated rings. The van der Waals surface area contributed by atoms with Gasteiger partial charge in [-0.1, -0.05) is 19.1 Å². The molecule has 2 aromatic rings. The zero-order chi connectivity index (χ0) is 15.5. The summed E-state index contributed by atoms with van der Waals surface area (Å²) in [5.41, 5.74) is 3.01. The molecule has 1 aromatic heterocycles. The SMILES string of the molecule is CC/C(O)=C1/C(=O)CCCC1=NCc1nc2ccccc2[nH]1. The Labute approximate surface area is 128 Å². The number of rotatable bonds is 3. The van der Waals surface area contributed by atoms with Crippen LogP contribution in [-0.2, 0) is 11.3 Å². The number of para-hydroxylation sites is 2. The molecule has 0 saturated heterocycles. The summed E-state index contributed by atoms with van der Waals surface area (Å²) < 4.78 is 0. The first-order valence-electron chi connectivity index (χ1n) is 7.61. The Morgan fingerprint density at radius 3 is 2.95 bits per heavy atom. The van der Waals surface area contributed by atoms with Crippen molar-refractivity contribution in [3.8, 4) is 0 Å². The number of hydrogen-bond acceptors (Lipinski definition) is 4. The van der Waals surface area contributed by atoms with Crippen LogP contribution in [0.15, 0.2) is 40.6 Å². The molecule has 114 valence electrons. The van der Waals surface area contributed by atoms with Crippen LogP contribution in [0.4, 0.5) is 0 Å². The number of aliphatic imine (C=N–C) groups is 1. The Hall–Kier alpha value is -2.43. The summed E-state index contributed by atoms with van der Waals surface area (Å²) in [6, 6.07) is 7.81. The normalized spacial score (nSPS) is 19.9. The Kier molecular flexibility index (Phi) is 4.04. The van der Waals surface area contributed by atoms with Crippen LogP contribution in [0, 0.1) is 0 Å². The van der Waals surface area contributed by atoms with E-state index in [-0.39, 0.29) is 11.5 Å². The van der Waals surface area contributed by atoms with Crippen molar-refractivity contribution in [2.45, 2.75) is 39.2 Å². The molecule has 0 aliphatic heterocycles. The van der Waals surface area contributed by atoms with E-state index in [9.17, 15) is 9.90 Å². The molecule has 3 rings (SSSR count). The minimum absolute atomic E-state index is 0.00560. The second-order valence-corrected chi connectivity index (χ2v) is 5.42. The summed E-state index contributed by atoms with van der Waals surface area (Å²) in [6.45, 7) is 2.22. The number of nitrogens with one attached hydrogen (secondary N) is 1. The number of aromatic nitrogens is 2. The van der Waals surface area contributed by atoms with Gasteiger partial charge in [0.05, 0.1) is 23.2 Å². The lowest BCUT2D eigenvalue weighted by molar-refractivity contribution is -0.115. The number of aromatic amines is 1. The Morgan fingerprint density at radius 1 is 1.36 bits per heavy atom. The van der Waals surface area contributed by atoms with E-state index in [4.69, 9.17) is 0 Å². The predicted octanol–water partition coefficient (Wildman–Crippen LogP) is 3.48. The first-order valence-corrected chi connectivity index (χ1v) is 7.61. The van der Waals surface area contributed by atoms with Crippen molar-refractivity contribution in [1.82, 2.24) is 9.97 Å². The van der Waals surface area contributed by atoms with Crippen LogP contribution < -0.4 is 0 Å². The molecule has 0 unspecified atom stereocenters. The van der Waals surface area contributed by atoms with Gasteiger partial charge in [0, 0.05) is 18.6 Å². The molecule has 1 heterocycles. The number of aliphatic hydroxyl groups excluding tert-OH is 1. The molecule has 0 bridgehead atoms. The highest BCUT2D eigenvalue weighted by molar-refractivity contribution is 6.24. The first kappa shape index (κ1) is 14.5. The maximum Gasteiger partial charge on any atom is 0.168 e.